The first kappa shape index (κ1) is 30.7. The third-order valence-electron chi connectivity index (χ3n) is 2.44. The number of ether oxygens (including phenoxy) is 1. The molecule has 26 heavy (non-hydrogen) atoms. The van der Waals surface area contributed by atoms with E-state index < -0.39 is 8.32 Å². The molecule has 0 aromatic rings. The molecule has 3 atom stereocenters. The summed E-state index contributed by atoms with van der Waals surface area (Å²) in [7, 11) is 4.34. The van der Waals surface area contributed by atoms with Gasteiger partial charge in [-0.2, -0.15) is 0 Å². The Balaban J connectivity index is -0.000000398. The van der Waals surface area contributed by atoms with E-state index in [4.69, 9.17) is 17.0 Å². The van der Waals surface area contributed by atoms with Crippen molar-refractivity contribution >= 4 is 16.2 Å². The van der Waals surface area contributed by atoms with Crippen molar-refractivity contribution in [1.82, 2.24) is 0 Å². The fourth-order valence-electron chi connectivity index (χ4n) is 2.00. The molecule has 1 heterocycles. The standard InChI is InChI=1S/C11H23BO2Si.C5H12.C4H10.C2H4/c1-8(2)6-9-10(7-11(12)13-9)14-15(3,4)5;1-5(2,3)4;1-4(2)3;1-2/h8-11H,6-7H2,1-5H3;1-4H3;4H,1-3H3;1-2H2. The molecular weight excluding hydrogens is 335 g/mol. The minimum Gasteiger partial charge on any atom is -0.412 e. The second-order valence-corrected chi connectivity index (χ2v) is 15.0. The van der Waals surface area contributed by atoms with Gasteiger partial charge in [-0.05, 0) is 49.7 Å². The van der Waals surface area contributed by atoms with E-state index in [1.54, 1.807) is 0 Å². The van der Waals surface area contributed by atoms with Crippen LogP contribution in [-0.4, -0.2) is 34.4 Å². The zero-order valence-corrected chi connectivity index (χ0v) is 21.1. The topological polar surface area (TPSA) is 18.5 Å². The number of hydrogen-bond donors (Lipinski definition) is 0. The van der Waals surface area contributed by atoms with Crippen LogP contribution in [0.15, 0.2) is 13.2 Å². The van der Waals surface area contributed by atoms with E-state index >= 15 is 0 Å². The van der Waals surface area contributed by atoms with Crippen LogP contribution in [0.5, 0.6) is 0 Å². The van der Waals surface area contributed by atoms with E-state index in [2.05, 4.69) is 95.1 Å². The third-order valence-corrected chi connectivity index (χ3v) is 3.45. The van der Waals surface area contributed by atoms with Crippen LogP contribution in [0.25, 0.3) is 0 Å². The van der Waals surface area contributed by atoms with Crippen LogP contribution in [0.4, 0.5) is 0 Å². The molecule has 4 heteroatoms. The van der Waals surface area contributed by atoms with E-state index in [0.717, 1.165) is 18.8 Å². The van der Waals surface area contributed by atoms with Crippen LogP contribution in [0.1, 0.15) is 75.2 Å². The van der Waals surface area contributed by atoms with Gasteiger partial charge in [0.15, 0.2) is 8.32 Å². The highest BCUT2D eigenvalue weighted by Crippen LogP contribution is 2.28. The normalized spacial score (nSPS) is 22.6. The smallest absolute Gasteiger partial charge is 0.184 e. The molecule has 0 bridgehead atoms. The van der Waals surface area contributed by atoms with Crippen LogP contribution >= 0.6 is 0 Å². The van der Waals surface area contributed by atoms with Gasteiger partial charge in [0.05, 0.1) is 12.2 Å². The monoisotopic (exact) mass is 384 g/mol. The maximum atomic E-state index is 6.12. The maximum absolute atomic E-state index is 6.12. The van der Waals surface area contributed by atoms with Crippen LogP contribution < -0.4 is 0 Å². The predicted octanol–water partition coefficient (Wildman–Crippen LogP) is 7.05. The Labute approximate surface area is 169 Å². The van der Waals surface area contributed by atoms with Crippen LogP contribution in [0.3, 0.4) is 0 Å². The second kappa shape index (κ2) is 14.9. The number of rotatable bonds is 4. The molecule has 2 radical (unpaired) electrons. The van der Waals surface area contributed by atoms with E-state index in [1.807, 2.05) is 0 Å². The van der Waals surface area contributed by atoms with Crippen molar-refractivity contribution in [3.05, 3.63) is 13.2 Å². The minimum absolute atomic E-state index is 0.130. The summed E-state index contributed by atoms with van der Waals surface area (Å²) in [6.45, 7) is 32.3. The second-order valence-electron chi connectivity index (χ2n) is 10.6. The van der Waals surface area contributed by atoms with E-state index in [0.29, 0.717) is 11.3 Å². The van der Waals surface area contributed by atoms with Crippen LogP contribution in [-0.2, 0) is 9.16 Å². The predicted molar refractivity (Wildman–Crippen MR) is 124 cm³/mol. The average Bonchev–Trinajstić information content (AvgIpc) is 2.65. The summed E-state index contributed by atoms with van der Waals surface area (Å²) >= 11 is 0. The lowest BCUT2D eigenvalue weighted by Crippen LogP contribution is -2.37. The molecule has 2 nitrogen and oxygen atoms in total. The molecule has 156 valence electrons. The SMILES string of the molecule is C=C.CC(C)(C)C.CC(C)C.[B]C1CC(O[Si](C)(C)C)C(CC(C)C)O1. The Kier molecular flexibility index (Phi) is 17.6. The highest BCUT2D eigenvalue weighted by Gasteiger charge is 2.36. The summed E-state index contributed by atoms with van der Waals surface area (Å²) in [5.74, 6) is 1.47. The first-order valence-electron chi connectivity index (χ1n) is 10.1. The summed E-state index contributed by atoms with van der Waals surface area (Å²) in [4.78, 5) is 0. The lowest BCUT2D eigenvalue weighted by Gasteiger charge is -2.27. The molecule has 1 aliphatic heterocycles. The molecule has 1 fully saturated rings. The summed E-state index contributed by atoms with van der Waals surface area (Å²) in [6.07, 6.45) is 2.31. The van der Waals surface area contributed by atoms with Gasteiger partial charge in [0.25, 0.3) is 0 Å². The average molecular weight is 385 g/mol. The molecule has 0 aromatic carbocycles. The van der Waals surface area contributed by atoms with Crippen LogP contribution in [0, 0.1) is 17.3 Å². The van der Waals surface area contributed by atoms with Crippen molar-refractivity contribution in [2.24, 2.45) is 17.3 Å². The Morgan fingerprint density at radius 2 is 1.38 bits per heavy atom. The molecule has 0 amide bonds. The third kappa shape index (κ3) is 28.7. The molecule has 1 rings (SSSR count). The summed E-state index contributed by atoms with van der Waals surface area (Å²) in [6, 6.07) is -0.130. The Morgan fingerprint density at radius 1 is 1.04 bits per heavy atom. The first-order chi connectivity index (χ1) is 11.5. The molecule has 1 saturated heterocycles. The van der Waals surface area contributed by atoms with Gasteiger partial charge in [-0.3, -0.25) is 0 Å². The van der Waals surface area contributed by atoms with Gasteiger partial charge in [-0.15, -0.1) is 13.2 Å². The van der Waals surface area contributed by atoms with E-state index in [1.165, 1.54) is 0 Å². The largest absolute Gasteiger partial charge is 0.412 e. The quantitative estimate of drug-likeness (QED) is 0.382. The van der Waals surface area contributed by atoms with Gasteiger partial charge in [0.1, 0.15) is 7.85 Å². The molecule has 0 spiro atoms. The highest BCUT2D eigenvalue weighted by molar-refractivity contribution is 6.69. The molecular formula is C22H49BO2Si. The zero-order valence-electron chi connectivity index (χ0n) is 20.1. The highest BCUT2D eigenvalue weighted by atomic mass is 28.4. The molecule has 0 N–H and O–H groups in total. The summed E-state index contributed by atoms with van der Waals surface area (Å²) < 4.78 is 11.8. The Hall–Kier alpha value is -0.0582. The van der Waals surface area contributed by atoms with Crippen LogP contribution in [0.2, 0.25) is 19.6 Å². The minimum atomic E-state index is -1.48. The van der Waals surface area contributed by atoms with Crippen molar-refractivity contribution in [2.45, 2.75) is 113 Å². The summed E-state index contributed by atoms with van der Waals surface area (Å²) in [5.41, 5.74) is 0.500. The van der Waals surface area contributed by atoms with Gasteiger partial charge < -0.3 is 9.16 Å². The Bertz CT molecular complexity index is 310. The van der Waals surface area contributed by atoms with Gasteiger partial charge in [0.2, 0.25) is 0 Å². The lowest BCUT2D eigenvalue weighted by atomic mass is 9.95. The van der Waals surface area contributed by atoms with Crippen molar-refractivity contribution in [3.63, 3.8) is 0 Å². The van der Waals surface area contributed by atoms with Crippen molar-refractivity contribution in [1.29, 1.82) is 0 Å². The molecule has 3 unspecified atom stereocenters. The fourth-order valence-corrected chi connectivity index (χ4v) is 3.15. The lowest BCUT2D eigenvalue weighted by molar-refractivity contribution is 0.0260. The van der Waals surface area contributed by atoms with Gasteiger partial charge >= 0.3 is 0 Å². The van der Waals surface area contributed by atoms with Gasteiger partial charge in [0, 0.05) is 6.00 Å². The van der Waals surface area contributed by atoms with Crippen molar-refractivity contribution in [3.8, 4) is 0 Å². The molecule has 0 aromatic heterocycles. The van der Waals surface area contributed by atoms with Crippen molar-refractivity contribution in [2.75, 3.05) is 0 Å². The van der Waals surface area contributed by atoms with Crippen molar-refractivity contribution < 1.29 is 9.16 Å². The van der Waals surface area contributed by atoms with Gasteiger partial charge in [-0.25, -0.2) is 0 Å². The maximum Gasteiger partial charge on any atom is 0.184 e. The zero-order chi connectivity index (χ0) is 21.7. The van der Waals surface area contributed by atoms with E-state index in [9.17, 15) is 0 Å². The molecule has 0 saturated carbocycles. The van der Waals surface area contributed by atoms with E-state index in [-0.39, 0.29) is 18.2 Å². The molecule has 1 aliphatic rings. The summed E-state index contributed by atoms with van der Waals surface area (Å²) in [5, 5.41) is 0. The molecule has 0 aliphatic carbocycles. The van der Waals surface area contributed by atoms with Gasteiger partial charge in [-0.1, -0.05) is 62.3 Å². The number of hydrogen-bond acceptors (Lipinski definition) is 2. The Morgan fingerprint density at radius 3 is 1.65 bits per heavy atom. The fraction of sp³-hybridized carbons (Fsp3) is 0.909. The first-order valence-corrected chi connectivity index (χ1v) is 13.5.